The number of phenols is 1. The number of nitrogens with zero attached hydrogens (tertiary/aromatic N) is 2. The zero-order chi connectivity index (χ0) is 26.1. The highest BCUT2D eigenvalue weighted by atomic mass is 16.5. The lowest BCUT2D eigenvalue weighted by atomic mass is 9.95. The van der Waals surface area contributed by atoms with Gasteiger partial charge in [0.1, 0.15) is 17.3 Å². The smallest absolute Gasteiger partial charge is 0.300 e. The molecular weight excluding hydrogens is 468 g/mol. The molecule has 0 aliphatic carbocycles. The second kappa shape index (κ2) is 10.0. The van der Waals surface area contributed by atoms with Crippen LogP contribution in [0.4, 0.5) is 11.4 Å². The third-order valence-electron chi connectivity index (χ3n) is 6.73. The van der Waals surface area contributed by atoms with Crippen LogP contribution in [-0.4, -0.2) is 41.1 Å². The van der Waals surface area contributed by atoms with E-state index in [1.54, 1.807) is 36.4 Å². The number of amides is 1. The van der Waals surface area contributed by atoms with Gasteiger partial charge in [-0.15, -0.1) is 0 Å². The second-order valence-corrected chi connectivity index (χ2v) is 9.67. The van der Waals surface area contributed by atoms with Crippen molar-refractivity contribution >= 4 is 28.8 Å². The number of Topliss-reactive ketones (excluding diaryl/α,β-unsaturated/α-hetero) is 1. The van der Waals surface area contributed by atoms with E-state index >= 15 is 0 Å². The van der Waals surface area contributed by atoms with E-state index in [4.69, 9.17) is 4.74 Å². The number of hydrogen-bond acceptors (Lipinski definition) is 6. The van der Waals surface area contributed by atoms with Crippen molar-refractivity contribution in [3.05, 3.63) is 89.5 Å². The first kappa shape index (κ1) is 24.4. The number of aliphatic hydroxyl groups excluding tert-OH is 1. The Labute approximate surface area is 216 Å². The lowest BCUT2D eigenvalue weighted by Crippen LogP contribution is -2.29. The molecule has 3 aromatic rings. The fourth-order valence-electron chi connectivity index (χ4n) is 5.03. The Morgan fingerprint density at radius 3 is 2.19 bits per heavy atom. The summed E-state index contributed by atoms with van der Waals surface area (Å²) in [6.45, 7) is 5.83. The summed E-state index contributed by atoms with van der Waals surface area (Å²) in [7, 11) is 0. The van der Waals surface area contributed by atoms with Gasteiger partial charge < -0.3 is 19.8 Å². The van der Waals surface area contributed by atoms with Crippen LogP contribution in [0.2, 0.25) is 0 Å². The van der Waals surface area contributed by atoms with Gasteiger partial charge in [0.15, 0.2) is 0 Å². The number of carbonyl (C=O) groups is 2. The normalized spacial score (nSPS) is 19.2. The van der Waals surface area contributed by atoms with Gasteiger partial charge in [-0.3, -0.25) is 14.5 Å². The monoisotopic (exact) mass is 498 g/mol. The zero-order valence-electron chi connectivity index (χ0n) is 20.9. The Morgan fingerprint density at radius 1 is 0.919 bits per heavy atom. The second-order valence-electron chi connectivity index (χ2n) is 9.67. The average molecular weight is 499 g/mol. The minimum Gasteiger partial charge on any atom is -0.508 e. The number of hydrogen-bond donors (Lipinski definition) is 2. The molecule has 2 fully saturated rings. The van der Waals surface area contributed by atoms with Gasteiger partial charge >= 0.3 is 0 Å². The van der Waals surface area contributed by atoms with E-state index in [0.717, 1.165) is 31.6 Å². The molecule has 5 rings (SSSR count). The molecule has 2 aliphatic heterocycles. The van der Waals surface area contributed by atoms with Crippen molar-refractivity contribution in [2.24, 2.45) is 0 Å². The summed E-state index contributed by atoms with van der Waals surface area (Å²) in [4.78, 5) is 30.4. The van der Waals surface area contributed by atoms with Gasteiger partial charge in [-0.05, 0) is 92.9 Å². The molecule has 37 heavy (non-hydrogen) atoms. The van der Waals surface area contributed by atoms with E-state index in [-0.39, 0.29) is 23.2 Å². The van der Waals surface area contributed by atoms with Crippen LogP contribution in [0.25, 0.3) is 5.76 Å². The Kier molecular flexibility index (Phi) is 6.61. The van der Waals surface area contributed by atoms with Crippen molar-refractivity contribution in [2.45, 2.75) is 38.8 Å². The van der Waals surface area contributed by atoms with Gasteiger partial charge in [0.2, 0.25) is 0 Å². The SMILES string of the molecule is CC(C)Oc1ccc(/C(O)=C2\C(=O)C(=O)N(c3ccc(N4CCCC4)cc3)C2c2cccc(O)c2)cc1. The van der Waals surface area contributed by atoms with Gasteiger partial charge in [0.05, 0.1) is 17.7 Å². The summed E-state index contributed by atoms with van der Waals surface area (Å²) in [6.07, 6.45) is 2.30. The van der Waals surface area contributed by atoms with Crippen molar-refractivity contribution in [2.75, 3.05) is 22.9 Å². The van der Waals surface area contributed by atoms with E-state index < -0.39 is 17.7 Å². The maximum Gasteiger partial charge on any atom is 0.300 e. The molecule has 1 unspecified atom stereocenters. The number of aromatic hydroxyl groups is 1. The largest absolute Gasteiger partial charge is 0.508 e. The summed E-state index contributed by atoms with van der Waals surface area (Å²) in [5.74, 6) is -1.16. The van der Waals surface area contributed by atoms with Gasteiger partial charge in [-0.1, -0.05) is 12.1 Å². The maximum atomic E-state index is 13.4. The Bertz CT molecular complexity index is 1340. The van der Waals surface area contributed by atoms with Crippen LogP contribution in [0.1, 0.15) is 43.9 Å². The van der Waals surface area contributed by atoms with E-state index in [9.17, 15) is 19.8 Å². The third-order valence-corrected chi connectivity index (χ3v) is 6.73. The number of anilines is 2. The first-order chi connectivity index (χ1) is 17.8. The number of carbonyl (C=O) groups excluding carboxylic acids is 2. The predicted octanol–water partition coefficient (Wildman–Crippen LogP) is 5.41. The van der Waals surface area contributed by atoms with E-state index in [1.165, 1.54) is 17.0 Å². The molecular formula is C30H30N2O5. The zero-order valence-corrected chi connectivity index (χ0v) is 20.9. The van der Waals surface area contributed by atoms with E-state index in [1.807, 2.05) is 38.1 Å². The summed E-state index contributed by atoms with van der Waals surface area (Å²) in [5.41, 5.74) is 2.48. The van der Waals surface area contributed by atoms with Crippen LogP contribution in [0, 0.1) is 0 Å². The molecule has 0 radical (unpaired) electrons. The Hall–Kier alpha value is -4.26. The molecule has 0 aromatic heterocycles. The van der Waals surface area contributed by atoms with Crippen molar-refractivity contribution in [3.63, 3.8) is 0 Å². The number of aliphatic hydroxyl groups is 1. The molecule has 7 nitrogen and oxygen atoms in total. The number of ketones is 1. The highest BCUT2D eigenvalue weighted by molar-refractivity contribution is 6.51. The molecule has 2 N–H and O–H groups in total. The number of phenolic OH excluding ortho intramolecular Hbond substituents is 1. The first-order valence-electron chi connectivity index (χ1n) is 12.6. The van der Waals surface area contributed by atoms with Crippen LogP contribution < -0.4 is 14.5 Å². The van der Waals surface area contributed by atoms with Crippen molar-refractivity contribution in [3.8, 4) is 11.5 Å². The van der Waals surface area contributed by atoms with Crippen LogP contribution >= 0.6 is 0 Å². The Balaban J connectivity index is 1.58. The summed E-state index contributed by atoms with van der Waals surface area (Å²) >= 11 is 0. The minimum absolute atomic E-state index is 0.00246. The topological polar surface area (TPSA) is 90.3 Å². The maximum absolute atomic E-state index is 13.4. The minimum atomic E-state index is -0.906. The van der Waals surface area contributed by atoms with Gasteiger partial charge in [0, 0.05) is 30.0 Å². The summed E-state index contributed by atoms with van der Waals surface area (Å²) in [5, 5.41) is 21.5. The van der Waals surface area contributed by atoms with Crippen LogP contribution in [0.3, 0.4) is 0 Å². The van der Waals surface area contributed by atoms with Gasteiger partial charge in [0.25, 0.3) is 11.7 Å². The number of rotatable bonds is 6. The third kappa shape index (κ3) is 4.77. The van der Waals surface area contributed by atoms with E-state index in [0.29, 0.717) is 22.6 Å². The van der Waals surface area contributed by atoms with Crippen LogP contribution in [0.15, 0.2) is 78.4 Å². The van der Waals surface area contributed by atoms with Crippen LogP contribution in [-0.2, 0) is 9.59 Å². The standard InChI is InChI=1S/C30H30N2O5/c1-19(2)37-25-14-8-20(9-15-25)28(34)26-27(21-6-5-7-24(33)18-21)32(30(36)29(26)35)23-12-10-22(11-13-23)31-16-3-4-17-31/h5-15,18-19,27,33-34H,3-4,16-17H2,1-2H3/b28-26+. The van der Waals surface area contributed by atoms with Gasteiger partial charge in [-0.2, -0.15) is 0 Å². The molecule has 0 bridgehead atoms. The Morgan fingerprint density at radius 2 is 1.57 bits per heavy atom. The molecule has 190 valence electrons. The summed E-state index contributed by atoms with van der Waals surface area (Å²) in [6, 6.07) is 19.8. The van der Waals surface area contributed by atoms with Crippen molar-refractivity contribution < 1.29 is 24.5 Å². The molecule has 2 heterocycles. The molecule has 0 spiro atoms. The molecule has 1 atom stereocenters. The fourth-order valence-corrected chi connectivity index (χ4v) is 5.03. The van der Waals surface area contributed by atoms with E-state index in [2.05, 4.69) is 4.90 Å². The molecule has 1 amide bonds. The molecule has 0 saturated carbocycles. The summed E-state index contributed by atoms with van der Waals surface area (Å²) < 4.78 is 5.68. The lowest BCUT2D eigenvalue weighted by Gasteiger charge is -2.26. The molecule has 7 heteroatoms. The number of ether oxygens (including phenoxy) is 1. The predicted molar refractivity (Wildman–Crippen MR) is 143 cm³/mol. The van der Waals surface area contributed by atoms with Gasteiger partial charge in [-0.25, -0.2) is 0 Å². The van der Waals surface area contributed by atoms with Crippen molar-refractivity contribution in [1.82, 2.24) is 0 Å². The number of benzene rings is 3. The quantitative estimate of drug-likeness (QED) is 0.269. The van der Waals surface area contributed by atoms with Crippen LogP contribution in [0.5, 0.6) is 11.5 Å². The highest BCUT2D eigenvalue weighted by Gasteiger charge is 2.47. The fraction of sp³-hybridized carbons (Fsp3) is 0.267. The first-order valence-corrected chi connectivity index (χ1v) is 12.6. The molecule has 2 aliphatic rings. The average Bonchev–Trinajstić information content (AvgIpc) is 3.51. The lowest BCUT2D eigenvalue weighted by molar-refractivity contribution is -0.132. The van der Waals surface area contributed by atoms with Crippen molar-refractivity contribution in [1.29, 1.82) is 0 Å². The highest BCUT2D eigenvalue weighted by Crippen LogP contribution is 2.43. The molecule has 2 saturated heterocycles. The molecule has 3 aromatic carbocycles.